The first-order valence-electron chi connectivity index (χ1n) is 8.80. The van der Waals surface area contributed by atoms with Crippen LogP contribution in [0.25, 0.3) is 0 Å². The molecular formula is C18H22N2O6S. The van der Waals surface area contributed by atoms with Crippen molar-refractivity contribution >= 4 is 16.0 Å². The second-order valence-electron chi connectivity index (χ2n) is 6.38. The van der Waals surface area contributed by atoms with Gasteiger partial charge in [0.05, 0.1) is 13.7 Å². The van der Waals surface area contributed by atoms with Gasteiger partial charge in [0.1, 0.15) is 10.7 Å². The van der Waals surface area contributed by atoms with E-state index in [1.165, 1.54) is 40.4 Å². The second-order valence-corrected chi connectivity index (χ2v) is 8.29. The Labute approximate surface area is 157 Å². The molecule has 1 fully saturated rings. The maximum atomic E-state index is 12.9. The topological polar surface area (TPSA) is 98.8 Å². The van der Waals surface area contributed by atoms with Crippen LogP contribution >= 0.6 is 0 Å². The highest BCUT2D eigenvalue weighted by atomic mass is 32.2. The number of aromatic nitrogens is 1. The summed E-state index contributed by atoms with van der Waals surface area (Å²) in [4.78, 5) is 24.0. The average molecular weight is 394 g/mol. The van der Waals surface area contributed by atoms with Gasteiger partial charge in [-0.1, -0.05) is 12.8 Å². The van der Waals surface area contributed by atoms with Crippen molar-refractivity contribution in [2.24, 2.45) is 0 Å². The molecule has 0 unspecified atom stereocenters. The molecule has 9 heteroatoms. The van der Waals surface area contributed by atoms with E-state index in [0.29, 0.717) is 18.8 Å². The van der Waals surface area contributed by atoms with E-state index in [1.54, 1.807) is 6.07 Å². The van der Waals surface area contributed by atoms with E-state index in [4.69, 9.17) is 4.42 Å². The third-order valence-electron chi connectivity index (χ3n) is 4.54. The Morgan fingerprint density at radius 3 is 2.52 bits per heavy atom. The van der Waals surface area contributed by atoms with E-state index in [9.17, 15) is 18.0 Å². The van der Waals surface area contributed by atoms with E-state index >= 15 is 0 Å². The fraction of sp³-hybridized carbons (Fsp3) is 0.444. The monoisotopic (exact) mass is 394 g/mol. The summed E-state index contributed by atoms with van der Waals surface area (Å²) in [5.41, 5.74) is -0.613. The van der Waals surface area contributed by atoms with Crippen molar-refractivity contribution in [2.45, 2.75) is 37.1 Å². The molecule has 27 heavy (non-hydrogen) atoms. The molecule has 0 radical (unpaired) electrons. The standard InChI is InChI=1S/C18H22N2O6S/c1-25-18(22)15-9-8-14(26-15)13-19-10-6-7-16(17(19)21)27(23,24)20-11-4-2-3-5-12-20/h6-10H,2-5,11-13H2,1H3. The maximum Gasteiger partial charge on any atom is 0.373 e. The minimum Gasteiger partial charge on any atom is -0.463 e. The van der Waals surface area contributed by atoms with Crippen molar-refractivity contribution in [1.29, 1.82) is 0 Å². The Balaban J connectivity index is 1.88. The number of pyridine rings is 1. The fourth-order valence-electron chi connectivity index (χ4n) is 3.10. The van der Waals surface area contributed by atoms with E-state index in [0.717, 1.165) is 25.7 Å². The Morgan fingerprint density at radius 1 is 1.15 bits per heavy atom. The summed E-state index contributed by atoms with van der Waals surface area (Å²) in [5.74, 6) is -0.248. The Kier molecular flexibility index (Phi) is 5.81. The molecule has 146 valence electrons. The smallest absolute Gasteiger partial charge is 0.373 e. The fourth-order valence-corrected chi connectivity index (χ4v) is 4.70. The van der Waals surface area contributed by atoms with E-state index in [2.05, 4.69) is 4.74 Å². The minimum atomic E-state index is -3.85. The molecule has 0 atom stereocenters. The van der Waals surface area contributed by atoms with Crippen LogP contribution in [0, 0.1) is 0 Å². The molecule has 0 N–H and O–H groups in total. The largest absolute Gasteiger partial charge is 0.463 e. The molecule has 1 saturated heterocycles. The molecule has 0 bridgehead atoms. The first kappa shape index (κ1) is 19.4. The normalized spacial score (nSPS) is 16.0. The summed E-state index contributed by atoms with van der Waals surface area (Å²) < 4.78 is 38.4. The SMILES string of the molecule is COC(=O)c1ccc(Cn2cccc(S(=O)(=O)N3CCCCCC3)c2=O)o1. The zero-order chi connectivity index (χ0) is 19.4. The first-order chi connectivity index (χ1) is 12.9. The van der Waals surface area contributed by atoms with Gasteiger partial charge in [-0.25, -0.2) is 13.2 Å². The van der Waals surface area contributed by atoms with Crippen LogP contribution in [0.3, 0.4) is 0 Å². The lowest BCUT2D eigenvalue weighted by Crippen LogP contribution is -2.36. The summed E-state index contributed by atoms with van der Waals surface area (Å²) in [6.07, 6.45) is 5.06. The Bertz CT molecular complexity index is 968. The highest BCUT2D eigenvalue weighted by Gasteiger charge is 2.28. The summed E-state index contributed by atoms with van der Waals surface area (Å²) >= 11 is 0. The van der Waals surface area contributed by atoms with Gasteiger partial charge in [-0.3, -0.25) is 4.79 Å². The first-order valence-corrected chi connectivity index (χ1v) is 10.2. The van der Waals surface area contributed by atoms with Crippen molar-refractivity contribution in [2.75, 3.05) is 20.2 Å². The molecule has 0 saturated carbocycles. The molecular weight excluding hydrogens is 372 g/mol. The van der Waals surface area contributed by atoms with Gasteiger partial charge < -0.3 is 13.7 Å². The molecule has 0 amide bonds. The van der Waals surface area contributed by atoms with Crippen molar-refractivity contribution in [3.05, 3.63) is 52.3 Å². The Hall–Kier alpha value is -2.39. The van der Waals surface area contributed by atoms with Gasteiger partial charge in [0.15, 0.2) is 0 Å². The van der Waals surface area contributed by atoms with Gasteiger partial charge in [0, 0.05) is 19.3 Å². The highest BCUT2D eigenvalue weighted by molar-refractivity contribution is 7.89. The van der Waals surface area contributed by atoms with Gasteiger partial charge in [-0.2, -0.15) is 4.31 Å². The molecule has 3 rings (SSSR count). The summed E-state index contributed by atoms with van der Waals surface area (Å²) in [6.45, 7) is 0.869. The van der Waals surface area contributed by atoms with Gasteiger partial charge >= 0.3 is 5.97 Å². The van der Waals surface area contributed by atoms with Gasteiger partial charge in [0.25, 0.3) is 5.56 Å². The number of methoxy groups -OCH3 is 1. The highest BCUT2D eigenvalue weighted by Crippen LogP contribution is 2.18. The van der Waals surface area contributed by atoms with Gasteiger partial charge in [-0.05, 0) is 37.1 Å². The molecule has 2 aromatic rings. The van der Waals surface area contributed by atoms with Crippen LogP contribution in [0.1, 0.15) is 42.0 Å². The lowest BCUT2D eigenvalue weighted by atomic mass is 10.2. The van der Waals surface area contributed by atoms with Crippen molar-refractivity contribution < 1.29 is 22.4 Å². The number of carbonyl (C=O) groups is 1. The maximum absolute atomic E-state index is 12.9. The molecule has 1 aliphatic rings. The number of hydrogen-bond donors (Lipinski definition) is 0. The van der Waals surface area contributed by atoms with E-state index in [1.807, 2.05) is 0 Å². The van der Waals surface area contributed by atoms with Gasteiger partial charge in [-0.15, -0.1) is 0 Å². The summed E-state index contributed by atoms with van der Waals surface area (Å²) in [7, 11) is -2.61. The van der Waals surface area contributed by atoms with E-state index < -0.39 is 21.6 Å². The van der Waals surface area contributed by atoms with Crippen molar-refractivity contribution in [1.82, 2.24) is 8.87 Å². The number of carbonyl (C=O) groups excluding carboxylic acids is 1. The second kappa shape index (κ2) is 8.10. The van der Waals surface area contributed by atoms with Crippen LogP contribution in [-0.2, 0) is 21.3 Å². The predicted octanol–water partition coefficient (Wildman–Crippen LogP) is 1.84. The van der Waals surface area contributed by atoms with Gasteiger partial charge in [0.2, 0.25) is 15.8 Å². The molecule has 0 aliphatic carbocycles. The molecule has 0 aromatic carbocycles. The average Bonchev–Trinajstić information content (AvgIpc) is 2.94. The number of esters is 1. The molecule has 2 aromatic heterocycles. The molecule has 0 spiro atoms. The zero-order valence-electron chi connectivity index (χ0n) is 15.1. The van der Waals surface area contributed by atoms with Crippen LogP contribution in [-0.4, -0.2) is 43.5 Å². The summed E-state index contributed by atoms with van der Waals surface area (Å²) in [5, 5.41) is 0. The molecule has 8 nitrogen and oxygen atoms in total. The van der Waals surface area contributed by atoms with Crippen LogP contribution in [0.5, 0.6) is 0 Å². The zero-order valence-corrected chi connectivity index (χ0v) is 15.9. The van der Waals surface area contributed by atoms with E-state index in [-0.39, 0.29) is 17.2 Å². The number of rotatable bonds is 5. The quantitative estimate of drug-likeness (QED) is 0.718. The number of sulfonamides is 1. The number of ether oxygens (including phenoxy) is 1. The molecule has 3 heterocycles. The van der Waals surface area contributed by atoms with Crippen LogP contribution in [0.15, 0.2) is 44.6 Å². The number of hydrogen-bond acceptors (Lipinski definition) is 6. The lowest BCUT2D eigenvalue weighted by molar-refractivity contribution is 0.0563. The lowest BCUT2D eigenvalue weighted by Gasteiger charge is -2.19. The predicted molar refractivity (Wildman–Crippen MR) is 97.1 cm³/mol. The van der Waals surface area contributed by atoms with Crippen LogP contribution < -0.4 is 5.56 Å². The minimum absolute atomic E-state index is 0.0131. The van der Waals surface area contributed by atoms with Crippen molar-refractivity contribution in [3.8, 4) is 0 Å². The van der Waals surface area contributed by atoms with Crippen LogP contribution in [0.4, 0.5) is 0 Å². The number of nitrogens with zero attached hydrogens (tertiary/aromatic N) is 2. The Morgan fingerprint density at radius 2 is 1.85 bits per heavy atom. The third kappa shape index (κ3) is 4.14. The summed E-state index contributed by atoms with van der Waals surface area (Å²) in [6, 6.07) is 5.86. The third-order valence-corrected chi connectivity index (χ3v) is 6.45. The molecule has 1 aliphatic heterocycles. The number of furan rings is 1. The van der Waals surface area contributed by atoms with Crippen molar-refractivity contribution in [3.63, 3.8) is 0 Å². The van der Waals surface area contributed by atoms with Crippen LogP contribution in [0.2, 0.25) is 0 Å².